The van der Waals surface area contributed by atoms with Crippen LogP contribution in [0.1, 0.15) is 42.0 Å². The van der Waals surface area contributed by atoms with Crippen LogP contribution in [0.3, 0.4) is 0 Å². The summed E-state index contributed by atoms with van der Waals surface area (Å²) in [4.78, 5) is 15.6. The van der Waals surface area contributed by atoms with Gasteiger partial charge in [0.15, 0.2) is 0 Å². The number of carbonyl (C=O) groups is 1. The lowest BCUT2D eigenvalue weighted by Gasteiger charge is -2.34. The number of nitrogens with zero attached hydrogens (tertiary/aromatic N) is 1. The van der Waals surface area contributed by atoms with Gasteiger partial charge in [-0.3, -0.25) is 9.69 Å². The maximum absolute atomic E-state index is 13.1. The van der Waals surface area contributed by atoms with E-state index >= 15 is 0 Å². The number of amides is 1. The van der Waals surface area contributed by atoms with Crippen LogP contribution < -0.4 is 20.9 Å². The first kappa shape index (κ1) is 20.5. The molecule has 31 heavy (non-hydrogen) atoms. The Morgan fingerprint density at radius 1 is 1.10 bits per heavy atom. The molecule has 0 bridgehead atoms. The lowest BCUT2D eigenvalue weighted by atomic mass is 9.77. The smallest absolute Gasteiger partial charge is 0.239 e. The summed E-state index contributed by atoms with van der Waals surface area (Å²) in [5, 5.41) is 3.33. The average Bonchev–Trinajstić information content (AvgIpc) is 3.25. The maximum Gasteiger partial charge on any atom is 0.239 e. The summed E-state index contributed by atoms with van der Waals surface area (Å²) < 4.78 is 5.37. The number of hydrazine groups is 1. The number of hydrogen-bond donors (Lipinski definition) is 3. The number of methoxy groups -OCH3 is 1. The predicted molar refractivity (Wildman–Crippen MR) is 120 cm³/mol. The molecule has 1 amide bonds. The quantitative estimate of drug-likeness (QED) is 0.694. The van der Waals surface area contributed by atoms with E-state index in [4.69, 9.17) is 4.74 Å². The minimum Gasteiger partial charge on any atom is -0.497 e. The van der Waals surface area contributed by atoms with Gasteiger partial charge in [-0.2, -0.15) is 0 Å². The van der Waals surface area contributed by atoms with Crippen molar-refractivity contribution in [2.24, 2.45) is 5.92 Å². The van der Waals surface area contributed by atoms with Gasteiger partial charge >= 0.3 is 0 Å². The van der Waals surface area contributed by atoms with E-state index in [-0.39, 0.29) is 30.0 Å². The molecule has 2 fully saturated rings. The Hall–Kier alpha value is -2.41. The standard InChI is InChI=1S/C25H32N4O2/c1-31-20-8-10-21-18(15-20)7-9-22-23(21)27-28-24(22)25(30)26-19-11-13-29(14-12-19)16-17-5-3-2-4-6-17/h2-6,8,10,15,19,22-24,27-28H,7,9,11-14,16H2,1H3,(H,26,30). The molecule has 164 valence electrons. The summed E-state index contributed by atoms with van der Waals surface area (Å²) in [6.45, 7) is 3.04. The molecule has 3 atom stereocenters. The van der Waals surface area contributed by atoms with E-state index in [2.05, 4.69) is 63.5 Å². The van der Waals surface area contributed by atoms with Crippen LogP contribution in [-0.4, -0.2) is 43.1 Å². The van der Waals surface area contributed by atoms with Gasteiger partial charge in [-0.05, 0) is 54.5 Å². The summed E-state index contributed by atoms with van der Waals surface area (Å²) in [6.07, 6.45) is 4.00. The monoisotopic (exact) mass is 420 g/mol. The van der Waals surface area contributed by atoms with Crippen molar-refractivity contribution in [3.05, 3.63) is 65.2 Å². The van der Waals surface area contributed by atoms with Crippen LogP contribution in [0, 0.1) is 5.92 Å². The highest BCUT2D eigenvalue weighted by molar-refractivity contribution is 5.83. The first-order valence-electron chi connectivity index (χ1n) is 11.5. The Morgan fingerprint density at radius 2 is 1.90 bits per heavy atom. The van der Waals surface area contributed by atoms with Gasteiger partial charge in [0.1, 0.15) is 11.8 Å². The summed E-state index contributed by atoms with van der Waals surface area (Å²) in [5.41, 5.74) is 10.7. The van der Waals surface area contributed by atoms with Gasteiger partial charge < -0.3 is 10.1 Å². The van der Waals surface area contributed by atoms with Crippen molar-refractivity contribution < 1.29 is 9.53 Å². The fraction of sp³-hybridized carbons (Fsp3) is 0.480. The number of fused-ring (bicyclic) bond motifs is 3. The molecule has 6 heteroatoms. The summed E-state index contributed by atoms with van der Waals surface area (Å²) in [6, 6.07) is 17.2. The number of piperidine rings is 1. The van der Waals surface area contributed by atoms with Crippen molar-refractivity contribution in [2.45, 2.75) is 50.4 Å². The van der Waals surface area contributed by atoms with Gasteiger partial charge in [0.2, 0.25) is 5.91 Å². The zero-order valence-corrected chi connectivity index (χ0v) is 18.1. The third kappa shape index (κ3) is 4.33. The topological polar surface area (TPSA) is 65.6 Å². The van der Waals surface area contributed by atoms with E-state index in [9.17, 15) is 4.79 Å². The molecule has 0 aromatic heterocycles. The molecule has 2 aromatic rings. The molecule has 2 saturated heterocycles. The fourth-order valence-corrected chi connectivity index (χ4v) is 5.41. The molecule has 2 aromatic carbocycles. The summed E-state index contributed by atoms with van der Waals surface area (Å²) >= 11 is 0. The van der Waals surface area contributed by atoms with Crippen molar-refractivity contribution in [2.75, 3.05) is 20.2 Å². The first-order chi connectivity index (χ1) is 15.2. The van der Waals surface area contributed by atoms with Gasteiger partial charge in [-0.25, -0.2) is 10.9 Å². The Bertz CT molecular complexity index is 911. The average molecular weight is 421 g/mol. The number of aryl methyl sites for hydroxylation is 1. The van der Waals surface area contributed by atoms with Crippen molar-refractivity contribution in [1.82, 2.24) is 21.1 Å². The second-order valence-electron chi connectivity index (χ2n) is 9.06. The Labute approximate surface area is 184 Å². The SMILES string of the molecule is COc1ccc2c(c1)CCC1C(C(=O)NC3CCN(Cc4ccccc4)CC3)NNC21. The van der Waals surface area contributed by atoms with Crippen LogP contribution in [0.2, 0.25) is 0 Å². The van der Waals surface area contributed by atoms with E-state index in [1.807, 2.05) is 6.07 Å². The molecule has 0 spiro atoms. The van der Waals surface area contributed by atoms with Crippen LogP contribution in [0.25, 0.3) is 0 Å². The molecule has 5 rings (SSSR count). The predicted octanol–water partition coefficient (Wildman–Crippen LogP) is 2.56. The number of rotatable bonds is 5. The minimum absolute atomic E-state index is 0.137. The maximum atomic E-state index is 13.1. The molecule has 3 aliphatic rings. The molecule has 3 unspecified atom stereocenters. The molecule has 0 saturated carbocycles. The van der Waals surface area contributed by atoms with Crippen LogP contribution >= 0.6 is 0 Å². The van der Waals surface area contributed by atoms with Crippen LogP contribution in [0.5, 0.6) is 5.75 Å². The molecular formula is C25H32N4O2. The molecule has 1 aliphatic carbocycles. The van der Waals surface area contributed by atoms with E-state index in [0.717, 1.165) is 51.1 Å². The molecule has 6 nitrogen and oxygen atoms in total. The number of ether oxygens (including phenoxy) is 1. The Kier molecular flexibility index (Phi) is 5.94. The summed E-state index contributed by atoms with van der Waals surface area (Å²) in [7, 11) is 1.70. The highest BCUT2D eigenvalue weighted by Crippen LogP contribution is 2.40. The minimum atomic E-state index is -0.178. The van der Waals surface area contributed by atoms with Crippen molar-refractivity contribution in [3.8, 4) is 5.75 Å². The molecule has 2 heterocycles. The number of benzene rings is 2. The first-order valence-corrected chi connectivity index (χ1v) is 11.5. The van der Waals surface area contributed by atoms with Crippen molar-refractivity contribution in [1.29, 1.82) is 0 Å². The second-order valence-corrected chi connectivity index (χ2v) is 9.06. The van der Waals surface area contributed by atoms with Gasteiger partial charge in [0.25, 0.3) is 0 Å². The zero-order chi connectivity index (χ0) is 21.2. The Morgan fingerprint density at radius 3 is 2.68 bits per heavy atom. The molecular weight excluding hydrogens is 388 g/mol. The van der Waals surface area contributed by atoms with Crippen LogP contribution in [-0.2, 0) is 17.8 Å². The Balaban J connectivity index is 1.15. The van der Waals surface area contributed by atoms with Crippen LogP contribution in [0.15, 0.2) is 48.5 Å². The third-order valence-electron chi connectivity index (χ3n) is 7.15. The fourth-order valence-electron chi connectivity index (χ4n) is 5.41. The lowest BCUT2D eigenvalue weighted by Crippen LogP contribution is -2.51. The highest BCUT2D eigenvalue weighted by atomic mass is 16.5. The number of likely N-dealkylation sites (tertiary alicyclic amines) is 1. The largest absolute Gasteiger partial charge is 0.497 e. The van der Waals surface area contributed by atoms with Gasteiger partial charge in [0.05, 0.1) is 13.2 Å². The van der Waals surface area contributed by atoms with Crippen molar-refractivity contribution in [3.63, 3.8) is 0 Å². The van der Waals surface area contributed by atoms with Gasteiger partial charge in [-0.1, -0.05) is 36.4 Å². The number of hydrogen-bond acceptors (Lipinski definition) is 5. The van der Waals surface area contributed by atoms with Gasteiger partial charge in [-0.15, -0.1) is 0 Å². The normalized spacial score (nSPS) is 26.2. The molecule has 3 N–H and O–H groups in total. The van der Waals surface area contributed by atoms with Crippen LogP contribution in [0.4, 0.5) is 0 Å². The number of nitrogens with one attached hydrogen (secondary N) is 3. The molecule has 2 aliphatic heterocycles. The number of carbonyl (C=O) groups excluding carboxylic acids is 1. The third-order valence-corrected chi connectivity index (χ3v) is 7.15. The van der Waals surface area contributed by atoms with Crippen molar-refractivity contribution >= 4 is 5.91 Å². The lowest BCUT2D eigenvalue weighted by molar-refractivity contribution is -0.125. The van der Waals surface area contributed by atoms with Gasteiger partial charge in [0, 0.05) is 31.6 Å². The second kappa shape index (κ2) is 8.99. The van der Waals surface area contributed by atoms with E-state index in [1.54, 1.807) is 7.11 Å². The zero-order valence-electron chi connectivity index (χ0n) is 18.1. The van der Waals surface area contributed by atoms with E-state index < -0.39 is 0 Å². The molecule has 0 radical (unpaired) electrons. The van der Waals surface area contributed by atoms with E-state index in [0.29, 0.717) is 0 Å². The highest BCUT2D eigenvalue weighted by Gasteiger charge is 2.43. The summed E-state index contributed by atoms with van der Waals surface area (Å²) in [5.74, 6) is 1.31. The van der Waals surface area contributed by atoms with E-state index in [1.165, 1.54) is 16.7 Å².